The number of carbonyl (C=O) groups excluding carboxylic acids is 1. The molecule has 5 rings (SSSR count). The molecule has 8 nitrogen and oxygen atoms in total. The van der Waals surface area contributed by atoms with Crippen molar-refractivity contribution >= 4 is 16.9 Å². The maximum Gasteiger partial charge on any atom is 0.254 e. The molecule has 27 heavy (non-hydrogen) atoms. The van der Waals surface area contributed by atoms with Crippen LogP contribution in [0.4, 0.5) is 0 Å². The van der Waals surface area contributed by atoms with Crippen molar-refractivity contribution in [2.24, 2.45) is 0 Å². The molecule has 4 heterocycles. The molecule has 0 radical (unpaired) electrons. The molecule has 2 aliphatic rings. The topological polar surface area (TPSA) is 86.0 Å². The molecular formula is C19H20N6O2. The second kappa shape index (κ2) is 6.09. The lowest BCUT2D eigenvalue weighted by atomic mass is 9.99. The number of piperidine rings is 1. The van der Waals surface area contributed by atoms with Crippen LogP contribution in [0.1, 0.15) is 39.9 Å². The zero-order chi connectivity index (χ0) is 18.5. The van der Waals surface area contributed by atoms with Gasteiger partial charge < -0.3 is 9.64 Å². The Labute approximate surface area is 156 Å². The molecule has 2 aliphatic heterocycles. The average molecular weight is 364 g/mol. The molecule has 8 heteroatoms. The summed E-state index contributed by atoms with van der Waals surface area (Å²) in [7, 11) is 0. The number of amides is 1. The monoisotopic (exact) mass is 364 g/mol. The Bertz CT molecular complexity index is 1050. The number of rotatable bonds is 1. The molecule has 0 N–H and O–H groups in total. The van der Waals surface area contributed by atoms with Crippen LogP contribution in [0, 0.1) is 13.8 Å². The van der Waals surface area contributed by atoms with Crippen LogP contribution >= 0.6 is 0 Å². The fourth-order valence-electron chi connectivity index (χ4n) is 3.91. The standard InChI is InChI=1S/C19H20N6O2/c1-11-12(2)22-16-7-13(3-4-15(16)21-11)19(26)24-6-5-18-17(9-24)25-14(10-27-18)8-20-23-25/h3-4,7-8,17-18H,5-6,9-10H2,1-2H3/t17-,18-/m1/s1. The Hall–Kier alpha value is -2.87. The Kier molecular flexibility index (Phi) is 3.68. The first kappa shape index (κ1) is 16.3. The summed E-state index contributed by atoms with van der Waals surface area (Å²) in [6.07, 6.45) is 2.60. The molecule has 0 spiro atoms. The van der Waals surface area contributed by atoms with Crippen molar-refractivity contribution in [3.05, 3.63) is 47.0 Å². The maximum atomic E-state index is 13.1. The summed E-state index contributed by atoms with van der Waals surface area (Å²) in [6.45, 7) is 5.64. The molecule has 1 saturated heterocycles. The van der Waals surface area contributed by atoms with E-state index in [0.29, 0.717) is 25.3 Å². The van der Waals surface area contributed by atoms with Gasteiger partial charge in [0.15, 0.2) is 0 Å². The van der Waals surface area contributed by atoms with Crippen molar-refractivity contribution in [3.8, 4) is 0 Å². The van der Waals surface area contributed by atoms with Gasteiger partial charge in [0.1, 0.15) is 0 Å². The molecule has 0 saturated carbocycles. The number of benzene rings is 1. The van der Waals surface area contributed by atoms with E-state index < -0.39 is 0 Å². The minimum atomic E-state index is 0.00242. The largest absolute Gasteiger partial charge is 0.370 e. The molecule has 1 fully saturated rings. The molecule has 138 valence electrons. The van der Waals surface area contributed by atoms with Crippen molar-refractivity contribution < 1.29 is 9.53 Å². The minimum Gasteiger partial charge on any atom is -0.370 e. The van der Waals surface area contributed by atoms with Gasteiger partial charge in [0.25, 0.3) is 5.91 Å². The zero-order valence-electron chi connectivity index (χ0n) is 15.3. The number of hydrogen-bond acceptors (Lipinski definition) is 6. The first-order chi connectivity index (χ1) is 13.1. The second-order valence-corrected chi connectivity index (χ2v) is 7.22. The van der Waals surface area contributed by atoms with E-state index in [1.165, 1.54) is 0 Å². The van der Waals surface area contributed by atoms with Crippen LogP contribution in [-0.4, -0.2) is 55.0 Å². The van der Waals surface area contributed by atoms with Gasteiger partial charge in [-0.05, 0) is 38.5 Å². The number of hydrogen-bond donors (Lipinski definition) is 0. The first-order valence-corrected chi connectivity index (χ1v) is 9.15. The Morgan fingerprint density at radius 1 is 1.19 bits per heavy atom. The summed E-state index contributed by atoms with van der Waals surface area (Å²) in [5.74, 6) is 0.00242. The van der Waals surface area contributed by atoms with E-state index >= 15 is 0 Å². The molecule has 1 aromatic carbocycles. The van der Waals surface area contributed by atoms with E-state index in [1.54, 1.807) is 6.20 Å². The maximum absolute atomic E-state index is 13.1. The van der Waals surface area contributed by atoms with Gasteiger partial charge in [-0.15, -0.1) is 5.10 Å². The van der Waals surface area contributed by atoms with Gasteiger partial charge in [-0.3, -0.25) is 4.79 Å². The summed E-state index contributed by atoms with van der Waals surface area (Å²) >= 11 is 0. The predicted molar refractivity (Wildman–Crippen MR) is 97.2 cm³/mol. The lowest BCUT2D eigenvalue weighted by Crippen LogP contribution is -2.49. The molecule has 0 aliphatic carbocycles. The first-order valence-electron chi connectivity index (χ1n) is 9.15. The number of carbonyl (C=O) groups is 1. The van der Waals surface area contributed by atoms with Gasteiger partial charge in [-0.25, -0.2) is 14.6 Å². The quantitative estimate of drug-likeness (QED) is 0.655. The zero-order valence-corrected chi connectivity index (χ0v) is 15.3. The van der Waals surface area contributed by atoms with Crippen molar-refractivity contribution in [2.45, 2.75) is 39.0 Å². The predicted octanol–water partition coefficient (Wildman–Crippen LogP) is 1.82. The highest BCUT2D eigenvalue weighted by Gasteiger charge is 2.38. The number of nitrogens with zero attached hydrogens (tertiary/aromatic N) is 6. The van der Waals surface area contributed by atoms with Crippen LogP contribution in [0.3, 0.4) is 0 Å². The van der Waals surface area contributed by atoms with Crippen LogP contribution in [0.2, 0.25) is 0 Å². The Morgan fingerprint density at radius 3 is 2.85 bits per heavy atom. The van der Waals surface area contributed by atoms with Crippen molar-refractivity contribution in [1.29, 1.82) is 0 Å². The highest BCUT2D eigenvalue weighted by Crippen LogP contribution is 2.30. The molecule has 0 unspecified atom stereocenters. The van der Waals surface area contributed by atoms with E-state index in [0.717, 1.165) is 34.5 Å². The van der Waals surface area contributed by atoms with Gasteiger partial charge in [0.05, 0.1) is 53.1 Å². The third-order valence-corrected chi connectivity index (χ3v) is 5.54. The normalized spacial score (nSPS) is 21.8. The third kappa shape index (κ3) is 2.68. The number of aromatic nitrogens is 5. The third-order valence-electron chi connectivity index (χ3n) is 5.54. The van der Waals surface area contributed by atoms with Crippen molar-refractivity contribution in [2.75, 3.05) is 13.1 Å². The summed E-state index contributed by atoms with van der Waals surface area (Å²) in [6, 6.07) is 5.55. The fraction of sp³-hybridized carbons (Fsp3) is 0.421. The van der Waals surface area contributed by atoms with E-state index in [9.17, 15) is 4.79 Å². The number of fused-ring (bicyclic) bond motifs is 4. The van der Waals surface area contributed by atoms with Gasteiger partial charge in [-0.2, -0.15) is 0 Å². The van der Waals surface area contributed by atoms with Crippen LogP contribution in [0.25, 0.3) is 11.0 Å². The van der Waals surface area contributed by atoms with Gasteiger partial charge in [0.2, 0.25) is 0 Å². The van der Waals surface area contributed by atoms with Gasteiger partial charge in [-0.1, -0.05) is 5.21 Å². The van der Waals surface area contributed by atoms with E-state index in [4.69, 9.17) is 4.74 Å². The molecule has 0 bridgehead atoms. The van der Waals surface area contributed by atoms with Gasteiger partial charge in [0, 0.05) is 18.7 Å². The molecule has 2 aromatic heterocycles. The molecule has 1 amide bonds. The van der Waals surface area contributed by atoms with Crippen LogP contribution in [-0.2, 0) is 11.3 Å². The fourth-order valence-corrected chi connectivity index (χ4v) is 3.91. The Morgan fingerprint density at radius 2 is 2.00 bits per heavy atom. The van der Waals surface area contributed by atoms with Crippen LogP contribution in [0.15, 0.2) is 24.4 Å². The van der Waals surface area contributed by atoms with E-state index in [-0.39, 0.29) is 18.1 Å². The number of aryl methyl sites for hydroxylation is 2. The summed E-state index contributed by atoms with van der Waals surface area (Å²) < 4.78 is 7.83. The SMILES string of the molecule is Cc1nc2ccc(C(=O)N3CC[C@H]4OCc5cnnn5[C@@H]4C3)cc2nc1C. The summed E-state index contributed by atoms with van der Waals surface area (Å²) in [5, 5.41) is 8.18. The highest BCUT2D eigenvalue weighted by molar-refractivity contribution is 5.97. The van der Waals surface area contributed by atoms with Crippen LogP contribution in [0.5, 0.6) is 0 Å². The van der Waals surface area contributed by atoms with Crippen molar-refractivity contribution in [3.63, 3.8) is 0 Å². The van der Waals surface area contributed by atoms with E-state index in [2.05, 4.69) is 20.3 Å². The summed E-state index contributed by atoms with van der Waals surface area (Å²) in [5.41, 5.74) is 4.93. The lowest BCUT2D eigenvalue weighted by Gasteiger charge is -2.41. The highest BCUT2D eigenvalue weighted by atomic mass is 16.5. The molecule has 3 aromatic rings. The second-order valence-electron chi connectivity index (χ2n) is 7.22. The van der Waals surface area contributed by atoms with Crippen LogP contribution < -0.4 is 0 Å². The average Bonchev–Trinajstić information content (AvgIpc) is 3.17. The van der Waals surface area contributed by atoms with Crippen molar-refractivity contribution in [1.82, 2.24) is 29.9 Å². The number of likely N-dealkylation sites (tertiary alicyclic amines) is 1. The minimum absolute atomic E-state index is 0.00242. The van der Waals surface area contributed by atoms with E-state index in [1.807, 2.05) is 41.6 Å². The molecule has 2 atom stereocenters. The lowest BCUT2D eigenvalue weighted by molar-refractivity contribution is -0.0605. The summed E-state index contributed by atoms with van der Waals surface area (Å²) in [4.78, 5) is 24.1. The number of ether oxygens (including phenoxy) is 1. The Balaban J connectivity index is 1.43. The smallest absolute Gasteiger partial charge is 0.254 e. The van der Waals surface area contributed by atoms with Gasteiger partial charge >= 0.3 is 0 Å². The molecular weight excluding hydrogens is 344 g/mol.